The van der Waals surface area contributed by atoms with Gasteiger partial charge in [0, 0.05) is 32.4 Å². The summed E-state index contributed by atoms with van der Waals surface area (Å²) in [6.45, 7) is 1.10. The van der Waals surface area contributed by atoms with Gasteiger partial charge in [0.05, 0.1) is 18.3 Å². The van der Waals surface area contributed by atoms with Crippen LogP contribution in [0, 0.1) is 17.8 Å². The molecule has 4 unspecified atom stereocenters. The molecule has 1 heterocycles. The van der Waals surface area contributed by atoms with E-state index in [2.05, 4.69) is 34.5 Å². The van der Waals surface area contributed by atoms with Gasteiger partial charge in [0.1, 0.15) is 5.82 Å². The Bertz CT molecular complexity index is 1130. The van der Waals surface area contributed by atoms with Crippen molar-refractivity contribution in [1.82, 2.24) is 9.55 Å². The van der Waals surface area contributed by atoms with Crippen LogP contribution in [0.15, 0.2) is 11.0 Å². The Morgan fingerprint density at radius 3 is 2.42 bits per heavy atom. The van der Waals surface area contributed by atoms with Crippen LogP contribution in [-0.2, 0) is 35.9 Å². The molecule has 2 rings (SSSR count). The minimum Gasteiger partial charge on any atom is -0.393 e. The number of nitrogens with two attached hydrogens (primary N) is 1. The van der Waals surface area contributed by atoms with Crippen molar-refractivity contribution < 1.29 is 50.8 Å². The van der Waals surface area contributed by atoms with E-state index in [0.29, 0.717) is 5.56 Å². The highest BCUT2D eigenvalue weighted by Crippen LogP contribution is 2.69. The van der Waals surface area contributed by atoms with Gasteiger partial charge in [0.2, 0.25) is 0 Å². The zero-order valence-electron chi connectivity index (χ0n) is 17.8. The lowest BCUT2D eigenvalue weighted by atomic mass is 10.1. The van der Waals surface area contributed by atoms with Crippen molar-refractivity contribution in [3.05, 3.63) is 22.2 Å². The van der Waals surface area contributed by atoms with Crippen LogP contribution in [0.25, 0.3) is 0 Å². The van der Waals surface area contributed by atoms with Gasteiger partial charge in [0.15, 0.2) is 0 Å². The van der Waals surface area contributed by atoms with Gasteiger partial charge in [-0.3, -0.25) is 18.1 Å². The Morgan fingerprint density at radius 2 is 1.85 bits per heavy atom. The molecule has 1 saturated carbocycles. The van der Waals surface area contributed by atoms with E-state index in [1.54, 1.807) is 6.92 Å². The first-order chi connectivity index (χ1) is 15.2. The van der Waals surface area contributed by atoms with Gasteiger partial charge in [-0.1, -0.05) is 5.92 Å². The largest absolute Gasteiger partial charge is 0.490 e. The predicted molar refractivity (Wildman–Crippen MR) is 113 cm³/mol. The summed E-state index contributed by atoms with van der Waals surface area (Å²) < 4.78 is 58.7. The van der Waals surface area contributed by atoms with Crippen LogP contribution in [0.3, 0.4) is 0 Å². The lowest BCUT2D eigenvalue weighted by Gasteiger charge is -2.21. The van der Waals surface area contributed by atoms with E-state index in [0.717, 1.165) is 14.2 Å². The van der Waals surface area contributed by atoms with Crippen molar-refractivity contribution in [3.63, 3.8) is 0 Å². The highest BCUT2D eigenvalue weighted by molar-refractivity contribution is 7.67. The van der Waals surface area contributed by atoms with Crippen LogP contribution in [0.5, 0.6) is 0 Å². The molecule has 6 atom stereocenters. The zero-order valence-corrected chi connectivity index (χ0v) is 20.4. The highest BCUT2D eigenvalue weighted by atomic mass is 31.3. The third-order valence-corrected chi connectivity index (χ3v) is 9.23. The molecule has 1 aliphatic carbocycles. The Labute approximate surface area is 188 Å². The molecule has 0 aromatic carbocycles. The number of nitrogen functional groups attached to an aromatic ring is 1. The van der Waals surface area contributed by atoms with Gasteiger partial charge in [-0.2, -0.15) is 13.6 Å². The third-order valence-electron chi connectivity index (χ3n) is 4.58. The highest BCUT2D eigenvalue weighted by Gasteiger charge is 2.44. The summed E-state index contributed by atoms with van der Waals surface area (Å²) in [6.07, 6.45) is 0.680. The molecule has 33 heavy (non-hydrogen) atoms. The van der Waals surface area contributed by atoms with E-state index in [4.69, 9.17) is 15.2 Å². The first-order valence-corrected chi connectivity index (χ1v) is 13.6. The van der Waals surface area contributed by atoms with Crippen LogP contribution in [0.2, 0.25) is 0 Å². The van der Waals surface area contributed by atoms with Gasteiger partial charge in [-0.15, -0.1) is 5.92 Å². The van der Waals surface area contributed by atoms with Gasteiger partial charge in [-0.05, 0) is 19.8 Å². The number of hydrogen-bond acceptors (Lipinski definition) is 12. The lowest BCUT2D eigenvalue weighted by Crippen LogP contribution is -2.27. The topological polar surface area (TPSA) is 219 Å². The average Bonchev–Trinajstić information content (AvgIpc) is 3.07. The first-order valence-electron chi connectivity index (χ1n) is 9.18. The van der Waals surface area contributed by atoms with Crippen molar-refractivity contribution >= 4 is 29.3 Å². The molecular weight excluding hydrogens is 507 g/mol. The maximum atomic E-state index is 12.5. The number of rotatable bonds is 10. The fraction of sp³-hybridized carbons (Fsp3) is 0.600. The number of phosphoric acid groups is 3. The van der Waals surface area contributed by atoms with Gasteiger partial charge < -0.3 is 20.6 Å². The van der Waals surface area contributed by atoms with Crippen LogP contribution >= 0.6 is 23.5 Å². The molecule has 0 spiro atoms. The number of hydrogen-bond donors (Lipinski definition) is 4. The molecule has 0 bridgehead atoms. The Balaban J connectivity index is 2.11. The molecule has 0 radical (unpaired) electrons. The molecule has 186 valence electrons. The zero-order chi connectivity index (χ0) is 25.0. The minimum absolute atomic E-state index is 0.0289. The summed E-state index contributed by atoms with van der Waals surface area (Å²) in [5.74, 6) is 4.64. The molecule has 1 fully saturated rings. The molecule has 0 saturated heterocycles. The third kappa shape index (κ3) is 7.55. The predicted octanol–water partition coefficient (Wildman–Crippen LogP) is 1.16. The number of aliphatic hydroxyl groups is 1. The molecule has 1 aromatic rings. The van der Waals surface area contributed by atoms with Crippen LogP contribution < -0.4 is 11.4 Å². The van der Waals surface area contributed by atoms with E-state index >= 15 is 0 Å². The molecule has 0 amide bonds. The molecule has 5 N–H and O–H groups in total. The molecular formula is C15H24N3O12P3. The summed E-state index contributed by atoms with van der Waals surface area (Å²) in [7, 11) is -13.6. The first kappa shape index (κ1) is 27.9. The molecule has 0 aliphatic heterocycles. The van der Waals surface area contributed by atoms with E-state index < -0.39 is 53.8 Å². The van der Waals surface area contributed by atoms with E-state index in [1.807, 2.05) is 0 Å². The Kier molecular flexibility index (Phi) is 9.20. The van der Waals surface area contributed by atoms with Crippen LogP contribution in [-0.4, -0.2) is 51.4 Å². The van der Waals surface area contributed by atoms with Crippen molar-refractivity contribution in [2.75, 3.05) is 26.6 Å². The summed E-state index contributed by atoms with van der Waals surface area (Å²) in [4.78, 5) is 34.7. The van der Waals surface area contributed by atoms with Gasteiger partial charge in [0.25, 0.3) is 0 Å². The molecule has 18 heteroatoms. The van der Waals surface area contributed by atoms with E-state index in [1.165, 1.54) is 10.8 Å². The van der Waals surface area contributed by atoms with E-state index in [9.17, 15) is 28.5 Å². The van der Waals surface area contributed by atoms with E-state index in [-0.39, 0.29) is 18.7 Å². The second-order valence-electron chi connectivity index (χ2n) is 6.77. The normalized spacial score (nSPS) is 25.9. The minimum atomic E-state index is -5.42. The molecule has 1 aliphatic rings. The van der Waals surface area contributed by atoms with Crippen molar-refractivity contribution in [2.24, 2.45) is 5.92 Å². The number of nitrogens with zero attached hydrogens (tertiary/aromatic N) is 2. The fourth-order valence-electron chi connectivity index (χ4n) is 3.06. The van der Waals surface area contributed by atoms with Crippen LogP contribution in [0.1, 0.15) is 31.4 Å². The number of aromatic nitrogens is 2. The smallest absolute Gasteiger partial charge is 0.393 e. The fourth-order valence-corrected chi connectivity index (χ4v) is 6.70. The summed E-state index contributed by atoms with van der Waals surface area (Å²) >= 11 is 0. The second-order valence-corrected chi connectivity index (χ2v) is 11.8. The number of aliphatic hydroxyl groups excluding tert-OH is 1. The standard InChI is InChI=1S/C15H24N3O12P3/c1-4-5-10-8-18(15(20)17-14(10)16)12-6-11(13(19)7-12)9-28-33(25,27-3)30-32(23,24)29-31(21,22)26-2/h8,11-13,19H,6-7,9H2,1-3H3,(H,21,22)(H,23,24)(H2,16,17,20)/t11?,12-,13-,33?/m1/s1. The number of phosphoric ester groups is 2. The van der Waals surface area contributed by atoms with Crippen molar-refractivity contribution in [2.45, 2.75) is 31.9 Å². The monoisotopic (exact) mass is 531 g/mol. The quantitative estimate of drug-likeness (QED) is 0.246. The van der Waals surface area contributed by atoms with Gasteiger partial charge >= 0.3 is 29.2 Å². The second kappa shape index (κ2) is 10.9. The summed E-state index contributed by atoms with van der Waals surface area (Å²) in [5.41, 5.74) is 5.37. The lowest BCUT2D eigenvalue weighted by molar-refractivity contribution is 0.0790. The average molecular weight is 531 g/mol. The Morgan fingerprint density at radius 1 is 1.18 bits per heavy atom. The number of anilines is 1. The maximum Gasteiger partial charge on any atom is 0.490 e. The molecule has 1 aromatic heterocycles. The van der Waals surface area contributed by atoms with Crippen LogP contribution in [0.4, 0.5) is 5.82 Å². The maximum absolute atomic E-state index is 12.5. The summed E-state index contributed by atoms with van der Waals surface area (Å²) in [6, 6.07) is -0.524. The van der Waals surface area contributed by atoms with Gasteiger partial charge in [-0.25, -0.2) is 18.5 Å². The Hall–Kier alpha value is -1.39. The van der Waals surface area contributed by atoms with Crippen molar-refractivity contribution in [3.8, 4) is 11.8 Å². The summed E-state index contributed by atoms with van der Waals surface area (Å²) in [5, 5.41) is 10.4. The SMILES string of the molecule is CC#Cc1cn([C@@H]2CC(COP(=O)(OC)OP(=O)(O)OP(=O)(O)OC)[C@H](O)C2)c(=O)nc1N. The van der Waals surface area contributed by atoms with Crippen molar-refractivity contribution in [1.29, 1.82) is 0 Å². The molecule has 15 nitrogen and oxygen atoms in total.